The summed E-state index contributed by atoms with van der Waals surface area (Å²) in [6.45, 7) is 5.24. The molecule has 0 aliphatic heterocycles. The third kappa shape index (κ3) is 5.86. The Morgan fingerprint density at radius 2 is 1.83 bits per heavy atom. The van der Waals surface area contributed by atoms with Crippen LogP contribution in [0.5, 0.6) is 0 Å². The van der Waals surface area contributed by atoms with Crippen LogP contribution in [0.25, 0.3) is 0 Å². The van der Waals surface area contributed by atoms with Crippen LogP contribution < -0.4 is 5.32 Å². The fourth-order valence-corrected chi connectivity index (χ4v) is 2.16. The first kappa shape index (κ1) is 17.7. The molecule has 2 rings (SSSR count). The van der Waals surface area contributed by atoms with Gasteiger partial charge in [0.1, 0.15) is 5.60 Å². The highest BCUT2D eigenvalue weighted by Crippen LogP contribution is 2.07. The van der Waals surface area contributed by atoms with Crippen LogP contribution in [0.2, 0.25) is 0 Å². The quantitative estimate of drug-likeness (QED) is 0.851. The zero-order valence-electron chi connectivity index (χ0n) is 14.2. The van der Waals surface area contributed by atoms with Gasteiger partial charge >= 0.3 is 0 Å². The normalized spacial score (nSPS) is 12.0. The molecule has 2 N–H and O–H groups in total. The Hall–Kier alpha value is -2.64. The van der Waals surface area contributed by atoms with Gasteiger partial charge in [-0.05, 0) is 69.2 Å². The largest absolute Gasteiger partial charge is 0.378 e. The summed E-state index contributed by atoms with van der Waals surface area (Å²) in [6.07, 6.45) is 4.25. The molecule has 2 aromatic rings. The summed E-state index contributed by atoms with van der Waals surface area (Å²) in [5.74, 6) is 5.52. The third-order valence-electron chi connectivity index (χ3n) is 3.33. The Balaban J connectivity index is 1.96. The fraction of sp³-hybridized carbons (Fsp3) is 0.300. The summed E-state index contributed by atoms with van der Waals surface area (Å²) in [5.41, 5.74) is 1.46. The van der Waals surface area contributed by atoms with Gasteiger partial charge in [0.25, 0.3) is 5.91 Å². The van der Waals surface area contributed by atoms with E-state index in [1.165, 1.54) is 0 Å². The lowest BCUT2D eigenvalue weighted by atomic mass is 10.1. The molecule has 24 heavy (non-hydrogen) atoms. The van der Waals surface area contributed by atoms with Crippen LogP contribution in [0.3, 0.4) is 0 Å². The second-order valence-electron chi connectivity index (χ2n) is 6.32. The van der Waals surface area contributed by atoms with Crippen LogP contribution in [0.15, 0.2) is 48.8 Å². The molecule has 1 aromatic heterocycles. The number of carbonyl (C=O) groups is 1. The molecule has 0 aliphatic rings. The number of aromatic nitrogens is 1. The smallest absolute Gasteiger partial charge is 0.251 e. The molecular weight excluding hydrogens is 300 g/mol. The Kier molecular flexibility index (Phi) is 5.73. The first-order chi connectivity index (χ1) is 11.3. The average molecular weight is 322 g/mol. The van der Waals surface area contributed by atoms with Gasteiger partial charge in [-0.2, -0.15) is 0 Å². The number of aliphatic hydroxyl groups is 1. The third-order valence-corrected chi connectivity index (χ3v) is 3.33. The van der Waals surface area contributed by atoms with Crippen molar-refractivity contribution in [1.29, 1.82) is 0 Å². The van der Waals surface area contributed by atoms with E-state index in [9.17, 15) is 9.90 Å². The average Bonchev–Trinajstić information content (AvgIpc) is 2.53. The predicted molar refractivity (Wildman–Crippen MR) is 94.5 cm³/mol. The maximum atomic E-state index is 12.3. The van der Waals surface area contributed by atoms with Crippen LogP contribution >= 0.6 is 0 Å². The molecule has 4 heteroatoms. The summed E-state index contributed by atoms with van der Waals surface area (Å²) < 4.78 is 0. The van der Waals surface area contributed by atoms with Crippen molar-refractivity contribution in [2.24, 2.45) is 0 Å². The van der Waals surface area contributed by atoms with E-state index >= 15 is 0 Å². The maximum Gasteiger partial charge on any atom is 0.251 e. The van der Waals surface area contributed by atoms with Crippen LogP contribution in [-0.2, 0) is 6.42 Å². The second-order valence-corrected chi connectivity index (χ2v) is 6.32. The van der Waals surface area contributed by atoms with Gasteiger partial charge < -0.3 is 10.4 Å². The van der Waals surface area contributed by atoms with Gasteiger partial charge in [-0.25, -0.2) is 0 Å². The number of amides is 1. The van der Waals surface area contributed by atoms with E-state index in [0.29, 0.717) is 5.56 Å². The molecule has 0 fully saturated rings. The lowest BCUT2D eigenvalue weighted by molar-refractivity contribution is 0.0940. The standard InChI is InChI=1S/C20H22N2O2/c1-15(14-17-9-12-21-13-10-17)22-19(23)18-6-4-16(5-7-18)8-11-20(2,3)24/h4-7,9-10,12-13,15,24H,14H2,1-3H3,(H,22,23)/t15-/m0/s1. The number of hydrogen-bond donors (Lipinski definition) is 2. The van der Waals surface area contributed by atoms with Gasteiger partial charge in [-0.1, -0.05) is 11.8 Å². The molecule has 0 saturated carbocycles. The zero-order valence-corrected chi connectivity index (χ0v) is 14.2. The SMILES string of the molecule is C[C@@H](Cc1ccncc1)NC(=O)c1ccc(C#CC(C)(C)O)cc1. The van der Waals surface area contributed by atoms with Crippen molar-refractivity contribution in [3.8, 4) is 11.8 Å². The Labute approximate surface area is 142 Å². The molecule has 1 atom stereocenters. The fourth-order valence-electron chi connectivity index (χ4n) is 2.16. The Morgan fingerprint density at radius 1 is 1.21 bits per heavy atom. The first-order valence-electron chi connectivity index (χ1n) is 7.89. The van der Waals surface area contributed by atoms with E-state index in [4.69, 9.17) is 0 Å². The van der Waals surface area contributed by atoms with Crippen LogP contribution in [0.4, 0.5) is 0 Å². The molecule has 0 unspecified atom stereocenters. The molecule has 0 spiro atoms. The van der Waals surface area contributed by atoms with E-state index < -0.39 is 5.60 Å². The van der Waals surface area contributed by atoms with Crippen molar-refractivity contribution in [2.75, 3.05) is 0 Å². The number of hydrogen-bond acceptors (Lipinski definition) is 3. The molecule has 0 saturated heterocycles. The number of rotatable bonds is 4. The second kappa shape index (κ2) is 7.76. The molecule has 0 bridgehead atoms. The zero-order chi connectivity index (χ0) is 17.6. The van der Waals surface area contributed by atoms with Crippen molar-refractivity contribution >= 4 is 5.91 Å². The van der Waals surface area contributed by atoms with E-state index in [-0.39, 0.29) is 11.9 Å². The van der Waals surface area contributed by atoms with Gasteiger partial charge in [-0.3, -0.25) is 9.78 Å². The lowest BCUT2D eigenvalue weighted by Gasteiger charge is -2.14. The van der Waals surface area contributed by atoms with Gasteiger partial charge in [-0.15, -0.1) is 0 Å². The molecular formula is C20H22N2O2. The highest BCUT2D eigenvalue weighted by atomic mass is 16.3. The van der Waals surface area contributed by atoms with E-state index in [1.54, 1.807) is 50.5 Å². The monoisotopic (exact) mass is 322 g/mol. The topological polar surface area (TPSA) is 62.2 Å². The number of benzene rings is 1. The highest BCUT2D eigenvalue weighted by molar-refractivity contribution is 5.94. The van der Waals surface area contributed by atoms with Crippen molar-refractivity contribution in [2.45, 2.75) is 38.8 Å². The number of carbonyl (C=O) groups excluding carboxylic acids is 1. The van der Waals surface area contributed by atoms with Crippen molar-refractivity contribution in [1.82, 2.24) is 10.3 Å². The van der Waals surface area contributed by atoms with Gasteiger partial charge in [0.15, 0.2) is 0 Å². The molecule has 4 nitrogen and oxygen atoms in total. The minimum absolute atomic E-state index is 0.0227. The van der Waals surface area contributed by atoms with Crippen molar-refractivity contribution in [3.05, 3.63) is 65.5 Å². The van der Waals surface area contributed by atoms with Gasteiger partial charge in [0.2, 0.25) is 0 Å². The summed E-state index contributed by atoms with van der Waals surface area (Å²) in [5, 5.41) is 12.6. The summed E-state index contributed by atoms with van der Waals surface area (Å²) in [4.78, 5) is 16.3. The highest BCUT2D eigenvalue weighted by Gasteiger charge is 2.10. The predicted octanol–water partition coefficient (Wildman–Crippen LogP) is 2.57. The Morgan fingerprint density at radius 3 is 2.42 bits per heavy atom. The molecule has 1 heterocycles. The maximum absolute atomic E-state index is 12.3. The van der Waals surface area contributed by atoms with E-state index in [0.717, 1.165) is 17.5 Å². The summed E-state index contributed by atoms with van der Waals surface area (Å²) in [6, 6.07) is 10.9. The van der Waals surface area contributed by atoms with Crippen molar-refractivity contribution in [3.63, 3.8) is 0 Å². The first-order valence-corrected chi connectivity index (χ1v) is 7.89. The molecule has 124 valence electrons. The number of nitrogens with one attached hydrogen (secondary N) is 1. The molecule has 1 amide bonds. The Bertz CT molecular complexity index is 735. The number of nitrogens with zero attached hydrogens (tertiary/aromatic N) is 1. The summed E-state index contributed by atoms with van der Waals surface area (Å²) >= 11 is 0. The van der Waals surface area contributed by atoms with Crippen LogP contribution in [0, 0.1) is 11.8 Å². The minimum Gasteiger partial charge on any atom is -0.378 e. The van der Waals surface area contributed by atoms with Gasteiger partial charge in [0, 0.05) is 29.6 Å². The lowest BCUT2D eigenvalue weighted by Crippen LogP contribution is -2.34. The molecule has 0 aliphatic carbocycles. The molecule has 0 radical (unpaired) electrons. The summed E-state index contributed by atoms with van der Waals surface area (Å²) in [7, 11) is 0. The van der Waals surface area contributed by atoms with E-state index in [1.807, 2.05) is 19.1 Å². The van der Waals surface area contributed by atoms with Crippen molar-refractivity contribution < 1.29 is 9.90 Å². The van der Waals surface area contributed by atoms with Crippen LogP contribution in [0.1, 0.15) is 42.3 Å². The van der Waals surface area contributed by atoms with Crippen LogP contribution in [-0.4, -0.2) is 27.6 Å². The minimum atomic E-state index is -1.03. The molecule has 1 aromatic carbocycles. The van der Waals surface area contributed by atoms with E-state index in [2.05, 4.69) is 22.1 Å². The number of pyridine rings is 1. The van der Waals surface area contributed by atoms with Gasteiger partial charge in [0.05, 0.1) is 0 Å².